The Bertz CT molecular complexity index is 267. The summed E-state index contributed by atoms with van der Waals surface area (Å²) in [6.45, 7) is 6.20. The predicted molar refractivity (Wildman–Crippen MR) is 67.4 cm³/mol. The number of alkyl halides is 1. The highest BCUT2D eigenvalue weighted by molar-refractivity contribution is 9.09. The van der Waals surface area contributed by atoms with Crippen molar-refractivity contribution < 1.29 is 8.42 Å². The van der Waals surface area contributed by atoms with Gasteiger partial charge in [-0.2, -0.15) is 12.7 Å². The van der Waals surface area contributed by atoms with E-state index in [1.165, 1.54) is 4.31 Å². The average molecular weight is 301 g/mol. The molecule has 0 saturated heterocycles. The van der Waals surface area contributed by atoms with E-state index >= 15 is 0 Å². The highest BCUT2D eigenvalue weighted by atomic mass is 79.9. The maximum absolute atomic E-state index is 11.7. The second-order valence-corrected chi connectivity index (χ2v) is 6.96. The molecular formula is C9H21BrN2O2S. The van der Waals surface area contributed by atoms with Gasteiger partial charge in [0.25, 0.3) is 10.2 Å². The van der Waals surface area contributed by atoms with Gasteiger partial charge < -0.3 is 0 Å². The first-order chi connectivity index (χ1) is 6.81. The molecule has 92 valence electrons. The molecule has 1 unspecified atom stereocenters. The Kier molecular flexibility index (Phi) is 6.99. The van der Waals surface area contributed by atoms with Crippen LogP contribution in [0.5, 0.6) is 0 Å². The van der Waals surface area contributed by atoms with E-state index in [1.807, 2.05) is 13.8 Å². The third-order valence-corrected chi connectivity index (χ3v) is 4.69. The van der Waals surface area contributed by atoms with Gasteiger partial charge in [0.2, 0.25) is 0 Å². The van der Waals surface area contributed by atoms with Crippen LogP contribution in [0.4, 0.5) is 0 Å². The van der Waals surface area contributed by atoms with Crippen LogP contribution >= 0.6 is 15.9 Å². The molecule has 0 bridgehead atoms. The molecule has 0 spiro atoms. The van der Waals surface area contributed by atoms with E-state index < -0.39 is 10.2 Å². The van der Waals surface area contributed by atoms with Crippen molar-refractivity contribution in [1.82, 2.24) is 9.03 Å². The third-order valence-electron chi connectivity index (χ3n) is 2.20. The lowest BCUT2D eigenvalue weighted by molar-refractivity contribution is 0.402. The summed E-state index contributed by atoms with van der Waals surface area (Å²) >= 11 is 3.43. The SMILES string of the molecule is CCCC(Br)CNS(=O)(=O)N(C)C(C)C. The van der Waals surface area contributed by atoms with Crippen molar-refractivity contribution in [2.24, 2.45) is 0 Å². The quantitative estimate of drug-likeness (QED) is 0.728. The lowest BCUT2D eigenvalue weighted by atomic mass is 10.2. The van der Waals surface area contributed by atoms with Crippen LogP contribution in [0.3, 0.4) is 0 Å². The number of nitrogens with one attached hydrogen (secondary N) is 1. The zero-order chi connectivity index (χ0) is 12.1. The van der Waals surface area contributed by atoms with Gasteiger partial charge >= 0.3 is 0 Å². The Morgan fingerprint density at radius 3 is 2.33 bits per heavy atom. The maximum Gasteiger partial charge on any atom is 0.279 e. The van der Waals surface area contributed by atoms with Crippen LogP contribution in [0, 0.1) is 0 Å². The Hall–Kier alpha value is 0.350. The monoisotopic (exact) mass is 300 g/mol. The highest BCUT2D eigenvalue weighted by Crippen LogP contribution is 2.08. The zero-order valence-corrected chi connectivity index (χ0v) is 12.2. The van der Waals surface area contributed by atoms with Crippen molar-refractivity contribution in [2.45, 2.75) is 44.5 Å². The number of nitrogens with zero attached hydrogens (tertiary/aromatic N) is 1. The van der Waals surface area contributed by atoms with E-state index in [0.29, 0.717) is 6.54 Å². The van der Waals surface area contributed by atoms with E-state index in [0.717, 1.165) is 12.8 Å². The van der Waals surface area contributed by atoms with Crippen LogP contribution in [0.15, 0.2) is 0 Å². The molecule has 1 N–H and O–H groups in total. The molecule has 0 fully saturated rings. The second kappa shape index (κ2) is 6.83. The van der Waals surface area contributed by atoms with Gasteiger partial charge in [0, 0.05) is 24.5 Å². The number of hydrogen-bond acceptors (Lipinski definition) is 2. The molecule has 0 radical (unpaired) electrons. The van der Waals surface area contributed by atoms with Crippen LogP contribution < -0.4 is 4.72 Å². The molecule has 0 saturated carbocycles. The molecule has 0 aromatic carbocycles. The summed E-state index contributed by atoms with van der Waals surface area (Å²) in [6.07, 6.45) is 2.01. The van der Waals surface area contributed by atoms with E-state index in [4.69, 9.17) is 0 Å². The van der Waals surface area contributed by atoms with E-state index in [-0.39, 0.29) is 10.9 Å². The Balaban J connectivity index is 4.16. The predicted octanol–water partition coefficient (Wildman–Crippen LogP) is 1.72. The summed E-state index contributed by atoms with van der Waals surface area (Å²) in [6, 6.07) is -0.0255. The molecule has 0 heterocycles. The van der Waals surface area contributed by atoms with Gasteiger partial charge in [0.05, 0.1) is 0 Å². The van der Waals surface area contributed by atoms with Crippen molar-refractivity contribution in [3.8, 4) is 0 Å². The summed E-state index contributed by atoms with van der Waals surface area (Å²) in [4.78, 5) is 0.206. The van der Waals surface area contributed by atoms with Gasteiger partial charge in [-0.05, 0) is 20.3 Å². The topological polar surface area (TPSA) is 49.4 Å². The first-order valence-electron chi connectivity index (χ1n) is 5.18. The smallest absolute Gasteiger partial charge is 0.201 e. The number of hydrogen-bond donors (Lipinski definition) is 1. The minimum Gasteiger partial charge on any atom is -0.201 e. The summed E-state index contributed by atoms with van der Waals surface area (Å²) in [5, 5.41) is 0. The normalized spacial score (nSPS) is 14.9. The van der Waals surface area contributed by atoms with Crippen molar-refractivity contribution in [2.75, 3.05) is 13.6 Å². The second-order valence-electron chi connectivity index (χ2n) is 3.85. The summed E-state index contributed by atoms with van der Waals surface area (Å²) in [5.41, 5.74) is 0. The van der Waals surface area contributed by atoms with E-state index in [1.54, 1.807) is 7.05 Å². The Morgan fingerprint density at radius 2 is 1.93 bits per heavy atom. The fraction of sp³-hybridized carbons (Fsp3) is 1.00. The summed E-state index contributed by atoms with van der Waals surface area (Å²) in [5.74, 6) is 0. The fourth-order valence-electron chi connectivity index (χ4n) is 0.990. The van der Waals surface area contributed by atoms with Gasteiger partial charge in [-0.1, -0.05) is 29.3 Å². The van der Waals surface area contributed by atoms with Crippen molar-refractivity contribution in [3.05, 3.63) is 0 Å². The zero-order valence-electron chi connectivity index (χ0n) is 9.83. The van der Waals surface area contributed by atoms with Crippen LogP contribution in [-0.4, -0.2) is 37.2 Å². The molecular weight excluding hydrogens is 280 g/mol. The largest absolute Gasteiger partial charge is 0.279 e. The molecule has 0 aromatic rings. The van der Waals surface area contributed by atoms with Crippen molar-refractivity contribution >= 4 is 26.1 Å². The Morgan fingerprint density at radius 1 is 1.40 bits per heavy atom. The van der Waals surface area contributed by atoms with Gasteiger partial charge in [-0.3, -0.25) is 0 Å². The van der Waals surface area contributed by atoms with Crippen LogP contribution in [0.25, 0.3) is 0 Å². The number of rotatable bonds is 7. The lowest BCUT2D eigenvalue weighted by Gasteiger charge is -2.22. The molecule has 6 heteroatoms. The lowest BCUT2D eigenvalue weighted by Crippen LogP contribution is -2.43. The summed E-state index contributed by atoms with van der Waals surface area (Å²) < 4.78 is 27.3. The van der Waals surface area contributed by atoms with Crippen LogP contribution in [0.2, 0.25) is 0 Å². The maximum atomic E-state index is 11.7. The van der Waals surface area contributed by atoms with Crippen molar-refractivity contribution in [1.29, 1.82) is 0 Å². The number of halogens is 1. The first-order valence-corrected chi connectivity index (χ1v) is 7.53. The molecule has 1 atom stereocenters. The first kappa shape index (κ1) is 15.3. The molecule has 0 amide bonds. The molecule has 0 aromatic heterocycles. The highest BCUT2D eigenvalue weighted by Gasteiger charge is 2.20. The van der Waals surface area contributed by atoms with Gasteiger partial charge in [-0.25, -0.2) is 4.72 Å². The third kappa shape index (κ3) is 5.85. The molecule has 4 nitrogen and oxygen atoms in total. The van der Waals surface area contributed by atoms with Gasteiger partial charge in [0.1, 0.15) is 0 Å². The van der Waals surface area contributed by atoms with Gasteiger partial charge in [-0.15, -0.1) is 0 Å². The van der Waals surface area contributed by atoms with E-state index in [9.17, 15) is 8.42 Å². The molecule has 15 heavy (non-hydrogen) atoms. The van der Waals surface area contributed by atoms with E-state index in [2.05, 4.69) is 27.6 Å². The van der Waals surface area contributed by atoms with Gasteiger partial charge in [0.15, 0.2) is 0 Å². The minimum atomic E-state index is -3.32. The van der Waals surface area contributed by atoms with Crippen LogP contribution in [-0.2, 0) is 10.2 Å². The molecule has 0 rings (SSSR count). The average Bonchev–Trinajstić information content (AvgIpc) is 2.14. The standard InChI is InChI=1S/C9H21BrN2O2S/c1-5-6-9(10)7-11-15(13,14)12(4)8(2)3/h8-9,11H,5-7H2,1-4H3. The molecule has 0 aliphatic heterocycles. The molecule has 0 aliphatic rings. The fourth-order valence-corrected chi connectivity index (χ4v) is 2.99. The minimum absolute atomic E-state index is 0.0255. The molecule has 0 aliphatic carbocycles. The van der Waals surface area contributed by atoms with Crippen molar-refractivity contribution in [3.63, 3.8) is 0 Å². The van der Waals surface area contributed by atoms with Crippen LogP contribution in [0.1, 0.15) is 33.6 Å². The Labute approximate surface area is 102 Å². The summed E-state index contributed by atoms with van der Waals surface area (Å²) in [7, 11) is -1.74.